The maximum atomic E-state index is 12.7. The Morgan fingerprint density at radius 1 is 1.06 bits per heavy atom. The van der Waals surface area contributed by atoms with Gasteiger partial charge in [0.05, 0.1) is 24.7 Å². The summed E-state index contributed by atoms with van der Waals surface area (Å²) in [4.78, 5) is 23.4. The van der Waals surface area contributed by atoms with Gasteiger partial charge in [-0.3, -0.25) is 4.79 Å². The maximum Gasteiger partial charge on any atom is 0.416 e. The van der Waals surface area contributed by atoms with E-state index in [1.165, 1.54) is 0 Å². The van der Waals surface area contributed by atoms with Crippen LogP contribution in [0.15, 0.2) is 42.5 Å². The van der Waals surface area contributed by atoms with Crippen LogP contribution in [0.25, 0.3) is 0 Å². The molecule has 4 rings (SSSR count). The number of carbonyl (C=O) groups is 2. The number of carbonyl (C=O) groups excluding carboxylic acids is 1. The van der Waals surface area contributed by atoms with Crippen LogP contribution >= 0.6 is 0 Å². The first-order chi connectivity index (χ1) is 15.6. The van der Waals surface area contributed by atoms with Crippen molar-refractivity contribution in [3.8, 4) is 5.75 Å². The fourth-order valence-electron chi connectivity index (χ4n) is 4.20. The van der Waals surface area contributed by atoms with Crippen molar-refractivity contribution in [3.63, 3.8) is 0 Å². The van der Waals surface area contributed by atoms with Gasteiger partial charge in [0.1, 0.15) is 18.0 Å². The summed E-state index contributed by atoms with van der Waals surface area (Å²) in [6.07, 6.45) is -6.04. The molecule has 0 unspecified atom stereocenters. The van der Waals surface area contributed by atoms with Gasteiger partial charge in [-0.1, -0.05) is 0 Å². The third kappa shape index (κ3) is 5.04. The number of urea groups is 1. The van der Waals surface area contributed by atoms with Crippen molar-refractivity contribution in [1.29, 1.82) is 0 Å². The molecule has 11 heteroatoms. The number of nitrogens with one attached hydrogen (secondary N) is 2. The molecule has 2 amide bonds. The smallest absolute Gasteiger partial charge is 0.416 e. The number of alkyl halides is 3. The number of hydrogen-bond acceptors (Lipinski definition) is 5. The molecule has 8 nitrogen and oxygen atoms in total. The highest BCUT2D eigenvalue weighted by molar-refractivity contribution is 5.99. The van der Waals surface area contributed by atoms with E-state index >= 15 is 0 Å². The lowest BCUT2D eigenvalue weighted by Crippen LogP contribution is -2.46. The van der Waals surface area contributed by atoms with E-state index in [9.17, 15) is 27.9 Å². The highest BCUT2D eigenvalue weighted by Gasteiger charge is 2.46. The lowest BCUT2D eigenvalue weighted by molar-refractivity contribution is -0.153. The second kappa shape index (κ2) is 8.91. The van der Waals surface area contributed by atoms with E-state index in [2.05, 4.69) is 10.6 Å². The summed E-state index contributed by atoms with van der Waals surface area (Å²) in [6.45, 7) is -0.327. The summed E-state index contributed by atoms with van der Waals surface area (Å²) in [5.74, 6) is -0.684. The number of benzene rings is 2. The van der Waals surface area contributed by atoms with Crippen molar-refractivity contribution in [3.05, 3.63) is 53.6 Å². The fourth-order valence-corrected chi connectivity index (χ4v) is 4.20. The molecule has 0 aliphatic carbocycles. The van der Waals surface area contributed by atoms with Gasteiger partial charge in [-0.2, -0.15) is 13.2 Å². The normalized spacial score (nSPS) is 23.8. The van der Waals surface area contributed by atoms with E-state index in [1.54, 1.807) is 18.2 Å². The van der Waals surface area contributed by atoms with E-state index in [0.29, 0.717) is 17.9 Å². The Morgan fingerprint density at radius 3 is 2.36 bits per heavy atom. The van der Waals surface area contributed by atoms with Crippen molar-refractivity contribution in [2.24, 2.45) is 0 Å². The third-order valence-corrected chi connectivity index (χ3v) is 5.63. The molecule has 2 heterocycles. The summed E-state index contributed by atoms with van der Waals surface area (Å²) in [7, 11) is 0. The van der Waals surface area contributed by atoms with Crippen molar-refractivity contribution in [1.82, 2.24) is 0 Å². The van der Waals surface area contributed by atoms with E-state index in [4.69, 9.17) is 14.6 Å². The summed E-state index contributed by atoms with van der Waals surface area (Å²) in [6, 6.07) is 8.37. The van der Waals surface area contributed by atoms with Gasteiger partial charge in [0, 0.05) is 22.9 Å². The Labute approximate surface area is 186 Å². The molecule has 2 aromatic rings. The predicted octanol–water partition coefficient (Wildman–Crippen LogP) is 3.82. The summed E-state index contributed by atoms with van der Waals surface area (Å²) < 4.78 is 49.6. The molecule has 0 bridgehead atoms. The minimum atomic E-state index is -4.46. The van der Waals surface area contributed by atoms with Gasteiger partial charge in [-0.15, -0.1) is 0 Å². The summed E-state index contributed by atoms with van der Waals surface area (Å²) in [5, 5.41) is 23.9. The topological polar surface area (TPSA) is 117 Å². The molecule has 4 N–H and O–H groups in total. The second-order valence-electron chi connectivity index (χ2n) is 7.91. The number of carboxylic acid groups (broad SMARTS) is 1. The molecular weight excluding hydrogens is 445 g/mol. The molecular formula is C22H21F3N2O6. The van der Waals surface area contributed by atoms with E-state index in [-0.39, 0.29) is 24.6 Å². The predicted molar refractivity (Wildman–Crippen MR) is 110 cm³/mol. The van der Waals surface area contributed by atoms with Crippen LogP contribution in [-0.2, 0) is 15.7 Å². The highest BCUT2D eigenvalue weighted by atomic mass is 19.4. The largest absolute Gasteiger partial charge is 0.487 e. The molecule has 2 aliphatic heterocycles. The molecule has 2 aromatic carbocycles. The molecule has 1 saturated heterocycles. The fraction of sp³-hybridized carbons (Fsp3) is 0.364. The number of aliphatic hydroxyl groups is 1. The van der Waals surface area contributed by atoms with E-state index in [1.807, 2.05) is 0 Å². The van der Waals surface area contributed by atoms with Gasteiger partial charge < -0.3 is 30.3 Å². The average molecular weight is 466 g/mol. The number of carboxylic acids is 1. The Bertz CT molecular complexity index is 1040. The zero-order valence-corrected chi connectivity index (χ0v) is 17.1. The Balaban J connectivity index is 1.45. The molecule has 0 radical (unpaired) electrons. The minimum absolute atomic E-state index is 0.191. The zero-order valence-electron chi connectivity index (χ0n) is 17.1. The number of rotatable bonds is 5. The number of hydrogen-bond donors (Lipinski definition) is 4. The van der Waals surface area contributed by atoms with Crippen molar-refractivity contribution >= 4 is 23.4 Å². The average Bonchev–Trinajstić information content (AvgIpc) is 3.10. The number of aliphatic carboxylic acids is 1. The van der Waals surface area contributed by atoms with Crippen LogP contribution in [0.1, 0.15) is 29.9 Å². The second-order valence-corrected chi connectivity index (χ2v) is 7.91. The lowest BCUT2D eigenvalue weighted by atomic mass is 9.84. The van der Waals surface area contributed by atoms with Crippen LogP contribution in [-0.4, -0.2) is 47.1 Å². The number of ether oxygens (including phenoxy) is 2. The van der Waals surface area contributed by atoms with Gasteiger partial charge in [0.25, 0.3) is 0 Å². The Morgan fingerprint density at radius 2 is 1.73 bits per heavy atom. The SMILES string of the molecule is O=C(O)C[C@@H]1C[C@H]2c3cc(NC(=O)Nc4ccc(C(F)(F)F)cc4)ccc3O[C@H]2[C@H](CO)O1. The molecule has 0 spiro atoms. The first kappa shape index (κ1) is 22.9. The third-order valence-electron chi connectivity index (χ3n) is 5.63. The van der Waals surface area contributed by atoms with Crippen molar-refractivity contribution in [2.45, 2.75) is 43.2 Å². The monoisotopic (exact) mass is 466 g/mol. The first-order valence-corrected chi connectivity index (χ1v) is 10.2. The molecule has 2 aliphatic rings. The van der Waals surface area contributed by atoms with Gasteiger partial charge in [0.15, 0.2) is 0 Å². The summed E-state index contributed by atoms with van der Waals surface area (Å²) >= 11 is 0. The van der Waals surface area contributed by atoms with Crippen LogP contribution < -0.4 is 15.4 Å². The molecule has 33 heavy (non-hydrogen) atoms. The van der Waals surface area contributed by atoms with E-state index in [0.717, 1.165) is 29.8 Å². The quantitative estimate of drug-likeness (QED) is 0.532. The number of fused-ring (bicyclic) bond motifs is 3. The molecule has 4 atom stereocenters. The minimum Gasteiger partial charge on any atom is -0.487 e. The van der Waals surface area contributed by atoms with Crippen LogP contribution in [0.2, 0.25) is 0 Å². The Kier molecular flexibility index (Phi) is 6.17. The van der Waals surface area contributed by atoms with Crippen LogP contribution in [0.4, 0.5) is 29.3 Å². The van der Waals surface area contributed by atoms with Gasteiger partial charge in [-0.25, -0.2) is 4.79 Å². The number of halogens is 3. The Hall–Kier alpha value is -3.31. The van der Waals surface area contributed by atoms with Gasteiger partial charge in [0.2, 0.25) is 0 Å². The highest BCUT2D eigenvalue weighted by Crippen LogP contribution is 2.47. The number of amides is 2. The molecule has 0 saturated carbocycles. The number of anilines is 2. The summed E-state index contributed by atoms with van der Waals surface area (Å²) in [5.41, 5.74) is 0.547. The van der Waals surface area contributed by atoms with Crippen LogP contribution in [0.3, 0.4) is 0 Å². The lowest BCUT2D eigenvalue weighted by Gasteiger charge is -2.36. The maximum absolute atomic E-state index is 12.7. The molecule has 1 fully saturated rings. The number of aliphatic hydroxyl groups excluding tert-OH is 1. The standard InChI is InChI=1S/C22H21F3N2O6/c23-22(24,25)11-1-3-12(4-2-11)26-21(31)27-13-5-6-17-15(7-13)16-8-14(9-19(29)30)32-18(10-28)20(16)33-17/h1-7,14,16,18,20,28H,8-10H2,(H,29,30)(H2,26,27,31)/t14-,16-,18-,20+/m0/s1. The zero-order chi connectivity index (χ0) is 23.8. The van der Waals surface area contributed by atoms with Gasteiger partial charge in [-0.05, 0) is 48.9 Å². The first-order valence-electron chi connectivity index (χ1n) is 10.2. The molecule has 176 valence electrons. The van der Waals surface area contributed by atoms with Crippen molar-refractivity contribution < 1.29 is 42.4 Å². The van der Waals surface area contributed by atoms with E-state index < -0.39 is 42.1 Å². The molecule has 0 aromatic heterocycles. The van der Waals surface area contributed by atoms with Crippen molar-refractivity contribution in [2.75, 3.05) is 17.2 Å². The van der Waals surface area contributed by atoms with Gasteiger partial charge >= 0.3 is 18.2 Å². The van der Waals surface area contributed by atoms with Crippen LogP contribution in [0.5, 0.6) is 5.75 Å². The van der Waals surface area contributed by atoms with Crippen LogP contribution in [0, 0.1) is 0 Å².